The molecule has 2 aromatic rings. The Morgan fingerprint density at radius 1 is 1.10 bits per heavy atom. The molecule has 31 heavy (non-hydrogen) atoms. The van der Waals surface area contributed by atoms with Crippen molar-refractivity contribution in [2.45, 2.75) is 32.8 Å². The largest absolute Gasteiger partial charge is 0.449 e. The Kier molecular flexibility index (Phi) is 8.29. The number of morpholine rings is 1. The van der Waals surface area contributed by atoms with Gasteiger partial charge in [-0.05, 0) is 49.7 Å². The Labute approximate surface area is 183 Å². The second-order valence-corrected chi connectivity index (χ2v) is 7.51. The van der Waals surface area contributed by atoms with E-state index in [1.807, 2.05) is 36.4 Å². The molecule has 0 aliphatic carbocycles. The Morgan fingerprint density at radius 3 is 2.52 bits per heavy atom. The quantitative estimate of drug-likeness (QED) is 0.468. The second kappa shape index (κ2) is 11.4. The Balaban J connectivity index is 1.55. The summed E-state index contributed by atoms with van der Waals surface area (Å²) in [6, 6.07) is 14.8. The summed E-state index contributed by atoms with van der Waals surface area (Å²) in [5.41, 5.74) is 2.89. The van der Waals surface area contributed by atoms with E-state index in [9.17, 15) is 9.59 Å². The van der Waals surface area contributed by atoms with Crippen LogP contribution in [-0.2, 0) is 14.3 Å². The summed E-state index contributed by atoms with van der Waals surface area (Å²) in [7, 11) is 0. The number of nitrogens with zero attached hydrogens (tertiary/aromatic N) is 1. The van der Waals surface area contributed by atoms with Crippen LogP contribution in [0.15, 0.2) is 48.5 Å². The van der Waals surface area contributed by atoms with Gasteiger partial charge in [-0.25, -0.2) is 4.79 Å². The highest BCUT2D eigenvalue weighted by Crippen LogP contribution is 2.20. The number of carbonyl (C=O) groups is 2. The second-order valence-electron chi connectivity index (χ2n) is 7.51. The maximum atomic E-state index is 12.6. The normalized spacial score (nSPS) is 14.6. The fourth-order valence-corrected chi connectivity index (χ4v) is 3.31. The van der Waals surface area contributed by atoms with Crippen molar-refractivity contribution < 1.29 is 19.1 Å². The summed E-state index contributed by atoms with van der Waals surface area (Å²) in [5.74, 6) is -0.895. The van der Waals surface area contributed by atoms with E-state index >= 15 is 0 Å². The van der Waals surface area contributed by atoms with Crippen LogP contribution < -0.4 is 15.5 Å². The molecule has 0 radical (unpaired) electrons. The molecule has 166 valence electrons. The molecule has 7 heteroatoms. The van der Waals surface area contributed by atoms with Gasteiger partial charge in [-0.15, -0.1) is 0 Å². The first-order valence-corrected chi connectivity index (χ1v) is 10.9. The highest BCUT2D eigenvalue weighted by atomic mass is 16.5. The molecule has 1 aliphatic rings. The summed E-state index contributed by atoms with van der Waals surface area (Å²) in [6.45, 7) is 7.61. The summed E-state index contributed by atoms with van der Waals surface area (Å²) in [4.78, 5) is 27.4. The maximum Gasteiger partial charge on any atom is 0.341 e. The molecule has 1 fully saturated rings. The van der Waals surface area contributed by atoms with E-state index in [4.69, 9.17) is 9.47 Å². The van der Waals surface area contributed by atoms with Gasteiger partial charge < -0.3 is 25.0 Å². The number of hydrogen-bond donors (Lipinski definition) is 2. The minimum Gasteiger partial charge on any atom is -0.449 e. The van der Waals surface area contributed by atoms with Crippen LogP contribution in [-0.4, -0.2) is 50.8 Å². The van der Waals surface area contributed by atoms with Crippen molar-refractivity contribution in [2.24, 2.45) is 0 Å². The SMILES string of the molecule is CCCCNc1ccccc1C(=O)O[C@H](C)C(=O)Nc1ccc(N2CCOCC2)cc1. The number of carbonyl (C=O) groups excluding carboxylic acids is 2. The summed E-state index contributed by atoms with van der Waals surface area (Å²) in [6.07, 6.45) is 1.15. The highest BCUT2D eigenvalue weighted by molar-refractivity contribution is 5.99. The van der Waals surface area contributed by atoms with Gasteiger partial charge in [0.25, 0.3) is 5.91 Å². The number of para-hydroxylation sites is 1. The summed E-state index contributed by atoms with van der Waals surface area (Å²) < 4.78 is 10.8. The molecule has 3 rings (SSSR count). The highest BCUT2D eigenvalue weighted by Gasteiger charge is 2.21. The van der Waals surface area contributed by atoms with E-state index in [-0.39, 0.29) is 5.91 Å². The van der Waals surface area contributed by atoms with Crippen molar-refractivity contribution in [1.82, 2.24) is 0 Å². The van der Waals surface area contributed by atoms with E-state index in [1.165, 1.54) is 0 Å². The fourth-order valence-electron chi connectivity index (χ4n) is 3.31. The molecule has 0 bridgehead atoms. The zero-order valence-corrected chi connectivity index (χ0v) is 18.2. The number of esters is 1. The number of hydrogen-bond acceptors (Lipinski definition) is 6. The third-order valence-electron chi connectivity index (χ3n) is 5.16. The molecule has 1 atom stereocenters. The van der Waals surface area contributed by atoms with Gasteiger partial charge in [-0.3, -0.25) is 4.79 Å². The molecule has 7 nitrogen and oxygen atoms in total. The average molecular weight is 426 g/mol. The third-order valence-corrected chi connectivity index (χ3v) is 5.16. The number of unbranched alkanes of at least 4 members (excludes halogenated alkanes) is 1. The molecule has 2 N–H and O–H groups in total. The number of amides is 1. The van der Waals surface area contributed by atoms with Gasteiger partial charge in [-0.2, -0.15) is 0 Å². The van der Waals surface area contributed by atoms with Gasteiger partial charge in [0.05, 0.1) is 18.8 Å². The number of nitrogens with one attached hydrogen (secondary N) is 2. The van der Waals surface area contributed by atoms with Crippen LogP contribution in [0.3, 0.4) is 0 Å². The maximum absolute atomic E-state index is 12.6. The van der Waals surface area contributed by atoms with Crippen LogP contribution in [0.4, 0.5) is 17.1 Å². The van der Waals surface area contributed by atoms with Gasteiger partial charge in [0.2, 0.25) is 0 Å². The first-order valence-electron chi connectivity index (χ1n) is 10.9. The predicted octanol–water partition coefficient (Wildman–Crippen LogP) is 3.92. The van der Waals surface area contributed by atoms with E-state index in [0.717, 1.165) is 51.4 Å². The number of benzene rings is 2. The molecule has 1 amide bonds. The van der Waals surface area contributed by atoms with Crippen molar-refractivity contribution >= 4 is 28.9 Å². The summed E-state index contributed by atoms with van der Waals surface area (Å²) in [5, 5.41) is 6.07. The first-order chi connectivity index (χ1) is 15.1. The van der Waals surface area contributed by atoms with Crippen molar-refractivity contribution in [3.05, 3.63) is 54.1 Å². The van der Waals surface area contributed by atoms with Crippen LogP contribution in [0.2, 0.25) is 0 Å². The third kappa shape index (κ3) is 6.46. The Bertz CT molecular complexity index is 863. The molecule has 1 aliphatic heterocycles. The first kappa shape index (κ1) is 22.6. The molecule has 0 unspecified atom stereocenters. The molecule has 1 saturated heterocycles. The Hall–Kier alpha value is -3.06. The van der Waals surface area contributed by atoms with Crippen molar-refractivity contribution in [3.8, 4) is 0 Å². The number of ether oxygens (including phenoxy) is 2. The Morgan fingerprint density at radius 2 is 1.81 bits per heavy atom. The van der Waals surface area contributed by atoms with E-state index in [2.05, 4.69) is 22.5 Å². The fraction of sp³-hybridized carbons (Fsp3) is 0.417. The van der Waals surface area contributed by atoms with Crippen molar-refractivity contribution in [3.63, 3.8) is 0 Å². The van der Waals surface area contributed by atoms with E-state index in [1.54, 1.807) is 19.1 Å². The molecular weight excluding hydrogens is 394 g/mol. The van der Waals surface area contributed by atoms with E-state index < -0.39 is 12.1 Å². The number of anilines is 3. The average Bonchev–Trinajstić information content (AvgIpc) is 2.80. The summed E-state index contributed by atoms with van der Waals surface area (Å²) >= 11 is 0. The van der Waals surface area contributed by atoms with Crippen molar-refractivity contribution in [2.75, 3.05) is 48.4 Å². The minimum absolute atomic E-state index is 0.371. The smallest absolute Gasteiger partial charge is 0.341 e. The minimum atomic E-state index is -0.921. The lowest BCUT2D eigenvalue weighted by molar-refractivity contribution is -0.123. The number of rotatable bonds is 9. The lowest BCUT2D eigenvalue weighted by Crippen LogP contribution is -2.36. The van der Waals surface area contributed by atoms with Crippen LogP contribution in [0.1, 0.15) is 37.0 Å². The topological polar surface area (TPSA) is 79.9 Å². The zero-order valence-electron chi connectivity index (χ0n) is 18.2. The molecule has 2 aromatic carbocycles. The van der Waals surface area contributed by atoms with Crippen LogP contribution in [0.5, 0.6) is 0 Å². The van der Waals surface area contributed by atoms with Crippen LogP contribution in [0, 0.1) is 0 Å². The predicted molar refractivity (Wildman–Crippen MR) is 123 cm³/mol. The molecule has 1 heterocycles. The lowest BCUT2D eigenvalue weighted by atomic mass is 10.1. The lowest BCUT2D eigenvalue weighted by Gasteiger charge is -2.28. The monoisotopic (exact) mass is 425 g/mol. The molecule has 0 saturated carbocycles. The standard InChI is InChI=1S/C24H31N3O4/c1-3-4-13-25-22-8-6-5-7-21(22)24(29)31-18(2)23(28)26-19-9-11-20(12-10-19)27-14-16-30-17-15-27/h5-12,18,25H,3-4,13-17H2,1-2H3,(H,26,28)/t18-/m1/s1. The van der Waals surface area contributed by atoms with Crippen LogP contribution >= 0.6 is 0 Å². The molecule has 0 spiro atoms. The van der Waals surface area contributed by atoms with Gasteiger partial charge in [0, 0.05) is 36.7 Å². The zero-order chi connectivity index (χ0) is 22.1. The van der Waals surface area contributed by atoms with Gasteiger partial charge in [-0.1, -0.05) is 25.5 Å². The van der Waals surface area contributed by atoms with Crippen molar-refractivity contribution in [1.29, 1.82) is 0 Å². The van der Waals surface area contributed by atoms with Gasteiger partial charge in [0.15, 0.2) is 6.10 Å². The molecule has 0 aromatic heterocycles. The van der Waals surface area contributed by atoms with Crippen LogP contribution in [0.25, 0.3) is 0 Å². The van der Waals surface area contributed by atoms with Gasteiger partial charge >= 0.3 is 5.97 Å². The van der Waals surface area contributed by atoms with Gasteiger partial charge in [0.1, 0.15) is 0 Å². The molecular formula is C24H31N3O4. The van der Waals surface area contributed by atoms with E-state index in [0.29, 0.717) is 16.9 Å².